The highest BCUT2D eigenvalue weighted by molar-refractivity contribution is 5.81. The van der Waals surface area contributed by atoms with Gasteiger partial charge in [-0.2, -0.15) is 0 Å². The monoisotopic (exact) mass is 476 g/mol. The fraction of sp³-hybridized carbons (Fsp3) is 0.464. The Morgan fingerprint density at radius 1 is 0.914 bits per heavy atom. The largest absolute Gasteiger partial charge is 0.481 e. The Morgan fingerprint density at radius 2 is 1.57 bits per heavy atom. The van der Waals surface area contributed by atoms with Crippen molar-refractivity contribution in [2.45, 2.75) is 50.5 Å². The number of carbonyl (C=O) groups excluding carboxylic acids is 2. The standard InChI is InChI=1S/C28H32N2O5/c31-26(30-14-6-8-19(16-30)27(32)33)18-7-5-9-20(15-18)29-28(34)35-17-25-23-12-3-1-10-21(23)22-11-2-4-13-24(22)25/h1-4,10-13,18-20,25H,5-9,14-17H2,(H,29,34)(H,32,33)/t18-,19?,20-/m1/s1. The van der Waals surface area contributed by atoms with Crippen molar-refractivity contribution in [1.29, 1.82) is 0 Å². The van der Waals surface area contributed by atoms with Crippen LogP contribution in [0, 0.1) is 11.8 Å². The third-order valence-corrected chi connectivity index (χ3v) is 7.77. The van der Waals surface area contributed by atoms with E-state index in [2.05, 4.69) is 29.6 Å². The molecule has 0 radical (unpaired) electrons. The van der Waals surface area contributed by atoms with Crippen molar-refractivity contribution in [1.82, 2.24) is 10.2 Å². The van der Waals surface area contributed by atoms with Crippen molar-refractivity contribution in [2.75, 3.05) is 19.7 Å². The van der Waals surface area contributed by atoms with Crippen LogP contribution in [0.2, 0.25) is 0 Å². The maximum atomic E-state index is 13.1. The van der Waals surface area contributed by atoms with Crippen LogP contribution in [0.25, 0.3) is 11.1 Å². The van der Waals surface area contributed by atoms with Gasteiger partial charge < -0.3 is 20.1 Å². The topological polar surface area (TPSA) is 95.9 Å². The Kier molecular flexibility index (Phi) is 6.75. The molecule has 1 saturated carbocycles. The summed E-state index contributed by atoms with van der Waals surface area (Å²) in [4.78, 5) is 38.8. The van der Waals surface area contributed by atoms with Gasteiger partial charge in [0.15, 0.2) is 0 Å². The number of likely N-dealkylation sites (tertiary alicyclic amines) is 1. The van der Waals surface area contributed by atoms with Gasteiger partial charge in [0.1, 0.15) is 6.61 Å². The van der Waals surface area contributed by atoms with Gasteiger partial charge in [-0.1, -0.05) is 55.0 Å². The molecular weight excluding hydrogens is 444 g/mol. The number of carbonyl (C=O) groups is 3. The molecule has 1 heterocycles. The van der Waals surface area contributed by atoms with E-state index >= 15 is 0 Å². The second kappa shape index (κ2) is 10.1. The summed E-state index contributed by atoms with van der Waals surface area (Å²) >= 11 is 0. The number of piperidine rings is 1. The lowest BCUT2D eigenvalue weighted by molar-refractivity contribution is -0.147. The van der Waals surface area contributed by atoms with E-state index in [0.29, 0.717) is 19.4 Å². The number of carboxylic acid groups (broad SMARTS) is 1. The van der Waals surface area contributed by atoms with Crippen LogP contribution in [0.1, 0.15) is 55.6 Å². The third-order valence-electron chi connectivity index (χ3n) is 7.77. The van der Waals surface area contributed by atoms with Gasteiger partial charge in [0.05, 0.1) is 5.92 Å². The van der Waals surface area contributed by atoms with E-state index in [1.165, 1.54) is 22.3 Å². The van der Waals surface area contributed by atoms with Gasteiger partial charge in [-0.3, -0.25) is 9.59 Å². The fourth-order valence-electron chi connectivity index (χ4n) is 5.99. The van der Waals surface area contributed by atoms with Crippen LogP contribution in [-0.2, 0) is 14.3 Å². The highest BCUT2D eigenvalue weighted by atomic mass is 16.5. The molecule has 184 valence electrons. The Morgan fingerprint density at radius 3 is 2.26 bits per heavy atom. The molecule has 1 aliphatic heterocycles. The predicted octanol–water partition coefficient (Wildman–Crippen LogP) is 4.41. The molecule has 2 amide bonds. The summed E-state index contributed by atoms with van der Waals surface area (Å²) in [6, 6.07) is 16.4. The van der Waals surface area contributed by atoms with Gasteiger partial charge in [0.25, 0.3) is 0 Å². The highest BCUT2D eigenvalue weighted by Crippen LogP contribution is 2.44. The summed E-state index contributed by atoms with van der Waals surface area (Å²) in [5.41, 5.74) is 4.72. The van der Waals surface area contributed by atoms with Crippen molar-refractivity contribution in [3.05, 3.63) is 59.7 Å². The smallest absolute Gasteiger partial charge is 0.407 e. The third kappa shape index (κ3) is 4.90. The van der Waals surface area contributed by atoms with E-state index in [4.69, 9.17) is 4.74 Å². The quantitative estimate of drug-likeness (QED) is 0.667. The first-order valence-corrected chi connectivity index (χ1v) is 12.6. The number of nitrogens with one attached hydrogen (secondary N) is 1. The van der Waals surface area contributed by atoms with Crippen LogP contribution in [0.5, 0.6) is 0 Å². The van der Waals surface area contributed by atoms with E-state index in [1.54, 1.807) is 4.90 Å². The van der Waals surface area contributed by atoms with E-state index in [1.807, 2.05) is 24.3 Å². The van der Waals surface area contributed by atoms with Gasteiger partial charge in [-0.15, -0.1) is 0 Å². The Balaban J connectivity index is 1.16. The minimum atomic E-state index is -0.832. The van der Waals surface area contributed by atoms with Crippen LogP contribution in [0.15, 0.2) is 48.5 Å². The molecule has 35 heavy (non-hydrogen) atoms. The van der Waals surface area contributed by atoms with E-state index in [0.717, 1.165) is 25.7 Å². The number of benzene rings is 2. The molecule has 1 unspecified atom stereocenters. The molecule has 2 fully saturated rings. The number of hydrogen-bond donors (Lipinski definition) is 2. The predicted molar refractivity (Wildman–Crippen MR) is 131 cm³/mol. The minimum Gasteiger partial charge on any atom is -0.481 e. The summed E-state index contributed by atoms with van der Waals surface area (Å²) in [6.45, 7) is 1.16. The van der Waals surface area contributed by atoms with E-state index in [9.17, 15) is 19.5 Å². The van der Waals surface area contributed by atoms with Crippen LogP contribution < -0.4 is 5.32 Å². The first-order valence-electron chi connectivity index (χ1n) is 12.6. The van der Waals surface area contributed by atoms with Gasteiger partial charge in [-0.05, 0) is 54.4 Å². The Hall–Kier alpha value is -3.35. The van der Waals surface area contributed by atoms with Crippen LogP contribution in [-0.4, -0.2) is 53.7 Å². The van der Waals surface area contributed by atoms with Crippen molar-refractivity contribution >= 4 is 18.0 Å². The van der Waals surface area contributed by atoms with Crippen molar-refractivity contribution in [3.63, 3.8) is 0 Å². The van der Waals surface area contributed by atoms with Crippen molar-refractivity contribution in [3.8, 4) is 11.1 Å². The van der Waals surface area contributed by atoms with Gasteiger partial charge in [-0.25, -0.2) is 4.79 Å². The zero-order valence-corrected chi connectivity index (χ0v) is 19.8. The molecular formula is C28H32N2O5. The summed E-state index contributed by atoms with van der Waals surface area (Å²) < 4.78 is 5.68. The number of carboxylic acids is 1. The molecule has 2 aromatic rings. The second-order valence-electron chi connectivity index (χ2n) is 9.99. The average molecular weight is 477 g/mol. The van der Waals surface area contributed by atoms with Gasteiger partial charge in [0, 0.05) is 31.0 Å². The molecule has 0 spiro atoms. The minimum absolute atomic E-state index is 0.00937. The zero-order valence-electron chi connectivity index (χ0n) is 19.8. The van der Waals surface area contributed by atoms with Crippen LogP contribution in [0.4, 0.5) is 4.79 Å². The lowest BCUT2D eigenvalue weighted by Gasteiger charge is -2.36. The van der Waals surface area contributed by atoms with Crippen LogP contribution in [0.3, 0.4) is 0 Å². The first-order chi connectivity index (χ1) is 17.0. The number of rotatable bonds is 5. The Bertz CT molecular complexity index is 1070. The summed E-state index contributed by atoms with van der Waals surface area (Å²) in [6.07, 6.45) is 3.89. The molecule has 7 heteroatoms. The molecule has 2 aromatic carbocycles. The van der Waals surface area contributed by atoms with Gasteiger partial charge in [0.2, 0.25) is 5.91 Å². The molecule has 3 atom stereocenters. The second-order valence-corrected chi connectivity index (χ2v) is 9.99. The molecule has 2 N–H and O–H groups in total. The average Bonchev–Trinajstić information content (AvgIpc) is 3.21. The first kappa shape index (κ1) is 23.4. The number of amides is 2. The molecule has 2 aliphatic carbocycles. The number of aliphatic carboxylic acids is 1. The lowest BCUT2D eigenvalue weighted by Crippen LogP contribution is -2.47. The number of alkyl carbamates (subject to hydrolysis) is 1. The molecule has 5 rings (SSSR count). The normalized spacial score (nSPS) is 23.8. The molecule has 0 bridgehead atoms. The van der Waals surface area contributed by atoms with E-state index in [-0.39, 0.29) is 36.9 Å². The van der Waals surface area contributed by atoms with Crippen molar-refractivity contribution in [2.24, 2.45) is 11.8 Å². The van der Waals surface area contributed by atoms with E-state index < -0.39 is 18.0 Å². The number of ether oxygens (including phenoxy) is 1. The molecule has 0 aromatic heterocycles. The fourth-order valence-corrected chi connectivity index (χ4v) is 5.99. The molecule has 1 saturated heterocycles. The van der Waals surface area contributed by atoms with Crippen LogP contribution >= 0.6 is 0 Å². The highest BCUT2D eigenvalue weighted by Gasteiger charge is 2.35. The SMILES string of the molecule is O=C(N[C@@H]1CCC[C@@H](C(=O)N2CCCC(C(=O)O)C2)C1)OCC1c2ccccc2-c2ccccc21. The summed E-state index contributed by atoms with van der Waals surface area (Å²) in [5, 5.41) is 12.3. The van der Waals surface area contributed by atoms with Gasteiger partial charge >= 0.3 is 12.1 Å². The number of fused-ring (bicyclic) bond motifs is 3. The lowest BCUT2D eigenvalue weighted by atomic mass is 9.84. The summed E-state index contributed by atoms with van der Waals surface area (Å²) in [7, 11) is 0. The molecule has 3 aliphatic rings. The maximum Gasteiger partial charge on any atom is 0.407 e. The summed E-state index contributed by atoms with van der Waals surface area (Å²) in [5.74, 6) is -1.47. The Labute approximate surface area is 205 Å². The number of nitrogens with zero attached hydrogens (tertiary/aromatic N) is 1. The zero-order chi connectivity index (χ0) is 24.4. The maximum absolute atomic E-state index is 13.1. The number of hydrogen-bond acceptors (Lipinski definition) is 4. The van der Waals surface area contributed by atoms with Crippen molar-refractivity contribution < 1.29 is 24.2 Å². The molecule has 7 nitrogen and oxygen atoms in total.